The van der Waals surface area contributed by atoms with E-state index in [1.807, 2.05) is 37.3 Å². The topological polar surface area (TPSA) is 75.3 Å². The first-order valence-electron chi connectivity index (χ1n) is 8.20. The van der Waals surface area contributed by atoms with Gasteiger partial charge in [0.2, 0.25) is 5.89 Å². The van der Waals surface area contributed by atoms with Crippen molar-refractivity contribution in [2.75, 3.05) is 7.05 Å². The number of pyridine rings is 1. The molecule has 3 aromatic rings. The monoisotopic (exact) mass is 497 g/mol. The molecule has 0 aliphatic carbocycles. The lowest BCUT2D eigenvalue weighted by Gasteiger charge is -2.10. The van der Waals surface area contributed by atoms with Gasteiger partial charge in [-0.25, -0.2) is 9.97 Å². The minimum absolute atomic E-state index is 0. The van der Waals surface area contributed by atoms with Crippen molar-refractivity contribution in [2.45, 2.75) is 20.0 Å². The highest BCUT2D eigenvalue weighted by Gasteiger charge is 2.07. The highest BCUT2D eigenvalue weighted by molar-refractivity contribution is 14.0. The van der Waals surface area contributed by atoms with Crippen molar-refractivity contribution in [1.29, 1.82) is 0 Å². The second kappa shape index (κ2) is 10.3. The Kier molecular flexibility index (Phi) is 8.05. The third-order valence-corrected chi connectivity index (χ3v) is 3.98. The minimum Gasteiger partial charge on any atom is -0.444 e. The standard InChI is InChI=1S/C19H20ClN5O.HI/c1-13-3-6-15(7-4-13)18-25-16(12-26-18)11-24-19(21-2)23-10-14-5-8-17(20)22-9-14;/h3-9,12H,10-11H2,1-2H3,(H2,21,23,24);1H. The summed E-state index contributed by atoms with van der Waals surface area (Å²) in [6.45, 7) is 3.15. The van der Waals surface area contributed by atoms with Crippen molar-refractivity contribution in [3.05, 3.63) is 70.8 Å². The quantitative estimate of drug-likeness (QED) is 0.239. The first-order valence-corrected chi connectivity index (χ1v) is 8.58. The van der Waals surface area contributed by atoms with E-state index in [2.05, 4.69) is 25.6 Å². The molecule has 1 aromatic carbocycles. The zero-order valence-corrected chi connectivity index (χ0v) is 18.2. The van der Waals surface area contributed by atoms with Gasteiger partial charge in [-0.05, 0) is 30.7 Å². The van der Waals surface area contributed by atoms with Crippen LogP contribution in [0.2, 0.25) is 5.15 Å². The average Bonchev–Trinajstić information content (AvgIpc) is 3.13. The molecule has 0 aliphatic rings. The summed E-state index contributed by atoms with van der Waals surface area (Å²) in [6, 6.07) is 11.7. The number of guanidine groups is 1. The van der Waals surface area contributed by atoms with E-state index in [0.717, 1.165) is 16.8 Å². The van der Waals surface area contributed by atoms with Gasteiger partial charge in [-0.3, -0.25) is 4.99 Å². The number of hydrogen-bond donors (Lipinski definition) is 2. The Hall–Kier alpha value is -2.13. The van der Waals surface area contributed by atoms with Crippen LogP contribution in [0.4, 0.5) is 0 Å². The van der Waals surface area contributed by atoms with Gasteiger partial charge >= 0.3 is 0 Å². The van der Waals surface area contributed by atoms with Crippen LogP contribution in [0.3, 0.4) is 0 Å². The van der Waals surface area contributed by atoms with Gasteiger partial charge in [0.25, 0.3) is 0 Å². The molecule has 0 bridgehead atoms. The van der Waals surface area contributed by atoms with Crippen LogP contribution in [0.15, 0.2) is 58.3 Å². The SMILES string of the molecule is CN=C(NCc1ccc(Cl)nc1)NCc1coc(-c2ccc(C)cc2)n1.I. The minimum atomic E-state index is 0. The maximum atomic E-state index is 5.79. The van der Waals surface area contributed by atoms with Crippen LogP contribution in [0.5, 0.6) is 0 Å². The molecule has 0 aliphatic heterocycles. The van der Waals surface area contributed by atoms with Crippen molar-refractivity contribution in [1.82, 2.24) is 20.6 Å². The number of benzene rings is 1. The van der Waals surface area contributed by atoms with Crippen molar-refractivity contribution >= 4 is 41.5 Å². The second-order valence-corrected chi connectivity index (χ2v) is 6.17. The van der Waals surface area contributed by atoms with Gasteiger partial charge in [-0.2, -0.15) is 0 Å². The summed E-state index contributed by atoms with van der Waals surface area (Å²) in [5.74, 6) is 1.27. The van der Waals surface area contributed by atoms with E-state index in [1.165, 1.54) is 5.56 Å². The van der Waals surface area contributed by atoms with E-state index in [4.69, 9.17) is 16.0 Å². The first-order chi connectivity index (χ1) is 12.6. The molecule has 0 amide bonds. The molecule has 0 unspecified atom stereocenters. The highest BCUT2D eigenvalue weighted by atomic mass is 127. The number of hydrogen-bond acceptors (Lipinski definition) is 4. The van der Waals surface area contributed by atoms with E-state index in [9.17, 15) is 0 Å². The number of aromatic nitrogens is 2. The number of nitrogens with one attached hydrogen (secondary N) is 2. The van der Waals surface area contributed by atoms with Gasteiger partial charge in [-0.1, -0.05) is 35.4 Å². The van der Waals surface area contributed by atoms with E-state index >= 15 is 0 Å². The predicted octanol–water partition coefficient (Wildman–Crippen LogP) is 4.18. The molecule has 3 rings (SSSR count). The van der Waals surface area contributed by atoms with E-state index in [-0.39, 0.29) is 24.0 Å². The van der Waals surface area contributed by atoms with Crippen molar-refractivity contribution in [3.63, 3.8) is 0 Å². The lowest BCUT2D eigenvalue weighted by molar-refractivity contribution is 0.572. The van der Waals surface area contributed by atoms with Gasteiger partial charge in [-0.15, -0.1) is 24.0 Å². The van der Waals surface area contributed by atoms with Crippen LogP contribution in [-0.4, -0.2) is 23.0 Å². The van der Waals surface area contributed by atoms with Gasteiger partial charge < -0.3 is 15.1 Å². The van der Waals surface area contributed by atoms with Crippen molar-refractivity contribution in [2.24, 2.45) is 4.99 Å². The van der Waals surface area contributed by atoms with Crippen molar-refractivity contribution < 1.29 is 4.42 Å². The normalized spacial score (nSPS) is 11.0. The molecule has 0 atom stereocenters. The van der Waals surface area contributed by atoms with Crippen LogP contribution in [-0.2, 0) is 13.1 Å². The summed E-state index contributed by atoms with van der Waals surface area (Å²) in [7, 11) is 1.72. The zero-order chi connectivity index (χ0) is 18.4. The summed E-state index contributed by atoms with van der Waals surface area (Å²) in [4.78, 5) is 12.8. The van der Waals surface area contributed by atoms with Crippen LogP contribution in [0.25, 0.3) is 11.5 Å². The zero-order valence-electron chi connectivity index (χ0n) is 15.1. The number of aryl methyl sites for hydroxylation is 1. The van der Waals surface area contributed by atoms with Crippen LogP contribution >= 0.6 is 35.6 Å². The van der Waals surface area contributed by atoms with E-state index < -0.39 is 0 Å². The second-order valence-electron chi connectivity index (χ2n) is 5.78. The maximum absolute atomic E-state index is 5.79. The molecule has 27 heavy (non-hydrogen) atoms. The lowest BCUT2D eigenvalue weighted by Crippen LogP contribution is -2.36. The summed E-state index contributed by atoms with van der Waals surface area (Å²) >= 11 is 5.79. The molecule has 2 heterocycles. The Balaban J connectivity index is 0.00000261. The number of nitrogens with zero attached hydrogens (tertiary/aromatic N) is 3. The molecular weight excluding hydrogens is 477 g/mol. The molecule has 6 nitrogen and oxygen atoms in total. The maximum Gasteiger partial charge on any atom is 0.226 e. The van der Waals surface area contributed by atoms with E-state index in [1.54, 1.807) is 25.6 Å². The van der Waals surface area contributed by atoms with Crippen molar-refractivity contribution in [3.8, 4) is 11.5 Å². The van der Waals surface area contributed by atoms with Gasteiger partial charge in [0.15, 0.2) is 5.96 Å². The summed E-state index contributed by atoms with van der Waals surface area (Å²) in [5, 5.41) is 6.91. The molecule has 0 fully saturated rings. The molecular formula is C19H21ClIN5O. The molecule has 2 N–H and O–H groups in total. The summed E-state index contributed by atoms with van der Waals surface area (Å²) in [6.07, 6.45) is 3.38. The third kappa shape index (κ3) is 6.21. The molecule has 142 valence electrons. The van der Waals surface area contributed by atoms with Gasteiger partial charge in [0, 0.05) is 25.4 Å². The Morgan fingerprint density at radius 2 is 1.85 bits per heavy atom. The van der Waals surface area contributed by atoms with Gasteiger partial charge in [0.05, 0.1) is 12.2 Å². The Labute approximate surface area is 180 Å². The molecule has 0 saturated heterocycles. The van der Waals surface area contributed by atoms with E-state index in [0.29, 0.717) is 30.1 Å². The average molecular weight is 498 g/mol. The number of oxazole rings is 1. The van der Waals surface area contributed by atoms with Crippen LogP contribution in [0, 0.1) is 6.92 Å². The fourth-order valence-electron chi connectivity index (χ4n) is 2.31. The number of rotatable bonds is 5. The molecule has 8 heteroatoms. The third-order valence-electron chi connectivity index (χ3n) is 3.76. The lowest BCUT2D eigenvalue weighted by atomic mass is 10.1. The first kappa shape index (κ1) is 21.2. The predicted molar refractivity (Wildman–Crippen MR) is 118 cm³/mol. The summed E-state index contributed by atoms with van der Waals surface area (Å²) < 4.78 is 5.56. The number of halogens is 2. The fraction of sp³-hybridized carbons (Fsp3) is 0.211. The summed E-state index contributed by atoms with van der Waals surface area (Å²) in [5.41, 5.74) is 3.98. The molecule has 0 radical (unpaired) electrons. The van der Waals surface area contributed by atoms with Gasteiger partial charge in [0.1, 0.15) is 11.4 Å². The Morgan fingerprint density at radius 1 is 1.11 bits per heavy atom. The van der Waals surface area contributed by atoms with Crippen LogP contribution in [0.1, 0.15) is 16.8 Å². The fourth-order valence-corrected chi connectivity index (χ4v) is 2.42. The molecule has 0 saturated carbocycles. The Bertz CT molecular complexity index is 878. The Morgan fingerprint density at radius 3 is 2.52 bits per heavy atom. The molecule has 2 aromatic heterocycles. The van der Waals surface area contributed by atoms with Crippen LogP contribution < -0.4 is 10.6 Å². The smallest absolute Gasteiger partial charge is 0.226 e. The number of aliphatic imine (C=N–C) groups is 1. The molecule has 0 spiro atoms. The largest absolute Gasteiger partial charge is 0.444 e. The highest BCUT2D eigenvalue weighted by Crippen LogP contribution is 2.18.